The van der Waals surface area contributed by atoms with E-state index in [9.17, 15) is 13.2 Å². The zero-order chi connectivity index (χ0) is 24.4. The first-order chi connectivity index (χ1) is 16.9. The van der Waals surface area contributed by atoms with Crippen LogP contribution in [0.3, 0.4) is 0 Å². The molecule has 6 heteroatoms. The maximum Gasteiger partial charge on any atom is 0.416 e. The fourth-order valence-electron chi connectivity index (χ4n) is 4.72. The van der Waals surface area contributed by atoms with Crippen LogP contribution >= 0.6 is 0 Å². The predicted molar refractivity (Wildman–Crippen MR) is 134 cm³/mol. The van der Waals surface area contributed by atoms with Crippen molar-refractivity contribution in [2.75, 3.05) is 18.0 Å². The predicted octanol–water partition coefficient (Wildman–Crippen LogP) is 7.50. The Morgan fingerprint density at radius 3 is 2.43 bits per heavy atom. The summed E-state index contributed by atoms with van der Waals surface area (Å²) in [5, 5.41) is 6.08. The van der Waals surface area contributed by atoms with Crippen molar-refractivity contribution >= 4 is 22.1 Å². The number of nitrogens with one attached hydrogen (secondary N) is 1. The molecule has 0 spiro atoms. The van der Waals surface area contributed by atoms with Gasteiger partial charge < -0.3 is 15.0 Å². The van der Waals surface area contributed by atoms with Crippen LogP contribution in [-0.2, 0) is 6.18 Å². The molecule has 0 saturated carbocycles. The number of rotatable bonds is 6. The smallest absolute Gasteiger partial charge is 0.416 e. The van der Waals surface area contributed by atoms with Crippen LogP contribution in [0.25, 0.3) is 10.8 Å². The summed E-state index contributed by atoms with van der Waals surface area (Å²) in [6.45, 7) is 3.47. The summed E-state index contributed by atoms with van der Waals surface area (Å²) in [6.07, 6.45) is -3.68. The Labute approximate surface area is 203 Å². The van der Waals surface area contributed by atoms with Gasteiger partial charge in [0, 0.05) is 11.7 Å². The second-order valence-electron chi connectivity index (χ2n) is 8.90. The van der Waals surface area contributed by atoms with E-state index >= 15 is 0 Å². The summed E-state index contributed by atoms with van der Waals surface area (Å²) in [4.78, 5) is 2.04. The van der Waals surface area contributed by atoms with Crippen molar-refractivity contribution in [1.82, 2.24) is 5.32 Å². The zero-order valence-corrected chi connectivity index (χ0v) is 19.4. The lowest BCUT2D eigenvalue weighted by Crippen LogP contribution is -2.39. The van der Waals surface area contributed by atoms with Gasteiger partial charge in [0.25, 0.3) is 0 Å². The van der Waals surface area contributed by atoms with Gasteiger partial charge >= 0.3 is 6.18 Å². The van der Waals surface area contributed by atoms with Gasteiger partial charge in [-0.15, -0.1) is 0 Å². The molecule has 0 saturated heterocycles. The topological polar surface area (TPSA) is 24.5 Å². The average Bonchev–Trinajstić information content (AvgIpc) is 2.87. The Hall–Kier alpha value is -3.51. The number of fused-ring (bicyclic) bond motifs is 2. The van der Waals surface area contributed by atoms with Gasteiger partial charge in [-0.05, 0) is 72.6 Å². The molecule has 0 amide bonds. The third kappa shape index (κ3) is 4.98. The van der Waals surface area contributed by atoms with Gasteiger partial charge in [0.05, 0.1) is 17.8 Å². The molecule has 0 aromatic heterocycles. The molecule has 0 fully saturated rings. The highest BCUT2D eigenvalue weighted by atomic mass is 19.4. The first-order valence-electron chi connectivity index (χ1n) is 11.8. The molecule has 4 aromatic carbocycles. The molecule has 2 atom stereocenters. The van der Waals surface area contributed by atoms with Gasteiger partial charge in [0.2, 0.25) is 0 Å². The lowest BCUT2D eigenvalue weighted by Gasteiger charge is -2.36. The minimum atomic E-state index is -4.35. The first kappa shape index (κ1) is 23.2. The van der Waals surface area contributed by atoms with E-state index < -0.39 is 11.7 Å². The normalized spacial score (nSPS) is 16.6. The second kappa shape index (κ2) is 9.62. The van der Waals surface area contributed by atoms with Crippen molar-refractivity contribution in [3.8, 4) is 5.75 Å². The highest BCUT2D eigenvalue weighted by Gasteiger charge is 2.31. The largest absolute Gasteiger partial charge is 0.486 e. The van der Waals surface area contributed by atoms with E-state index in [1.165, 1.54) is 28.5 Å². The molecule has 1 unspecified atom stereocenters. The Bertz CT molecular complexity index is 1300. The second-order valence-corrected chi connectivity index (χ2v) is 8.90. The third-order valence-corrected chi connectivity index (χ3v) is 6.55. The minimum absolute atomic E-state index is 0.0978. The van der Waals surface area contributed by atoms with Crippen LogP contribution in [0.5, 0.6) is 5.75 Å². The van der Waals surface area contributed by atoms with Crippen molar-refractivity contribution in [2.45, 2.75) is 31.7 Å². The van der Waals surface area contributed by atoms with E-state index in [0.717, 1.165) is 42.2 Å². The van der Waals surface area contributed by atoms with Crippen LogP contribution < -0.4 is 15.0 Å². The molecule has 5 rings (SSSR count). The molecule has 0 aliphatic carbocycles. The Balaban J connectivity index is 1.29. The number of alkyl halides is 3. The summed E-state index contributed by atoms with van der Waals surface area (Å²) in [6, 6.07) is 27.9. The van der Waals surface area contributed by atoms with Crippen molar-refractivity contribution in [3.05, 3.63) is 102 Å². The molecule has 180 valence electrons. The van der Waals surface area contributed by atoms with Gasteiger partial charge in [-0.2, -0.15) is 13.2 Å². The Morgan fingerprint density at radius 1 is 0.914 bits per heavy atom. The number of para-hydroxylation sites is 2. The van der Waals surface area contributed by atoms with E-state index in [0.29, 0.717) is 6.54 Å². The van der Waals surface area contributed by atoms with E-state index in [-0.39, 0.29) is 12.1 Å². The van der Waals surface area contributed by atoms with Crippen LogP contribution in [0.4, 0.5) is 24.5 Å². The molecular weight excluding hydrogens is 449 g/mol. The molecule has 0 bridgehead atoms. The quantitative estimate of drug-likeness (QED) is 0.312. The third-order valence-electron chi connectivity index (χ3n) is 6.55. The van der Waals surface area contributed by atoms with Crippen LogP contribution in [0.15, 0.2) is 91.0 Å². The fraction of sp³-hybridized carbons (Fsp3) is 0.241. The number of hydrogen-bond donors (Lipinski definition) is 1. The lowest BCUT2D eigenvalue weighted by atomic mass is 9.99. The molecule has 4 aromatic rings. The maximum atomic E-state index is 13.0. The van der Waals surface area contributed by atoms with E-state index in [1.54, 1.807) is 0 Å². The average molecular weight is 477 g/mol. The summed E-state index contributed by atoms with van der Waals surface area (Å²) < 4.78 is 45.4. The molecule has 1 N–H and O–H groups in total. The molecule has 35 heavy (non-hydrogen) atoms. The van der Waals surface area contributed by atoms with Crippen LogP contribution in [0.2, 0.25) is 0 Å². The van der Waals surface area contributed by atoms with Gasteiger partial charge in [-0.1, -0.05) is 54.6 Å². The summed E-state index contributed by atoms with van der Waals surface area (Å²) in [5.41, 5.74) is 2.19. The molecule has 1 aliphatic heterocycles. The molecule has 1 aliphatic rings. The van der Waals surface area contributed by atoms with Gasteiger partial charge in [-0.3, -0.25) is 0 Å². The van der Waals surface area contributed by atoms with Crippen molar-refractivity contribution in [3.63, 3.8) is 0 Å². The monoisotopic (exact) mass is 476 g/mol. The van der Waals surface area contributed by atoms with Gasteiger partial charge in [0.1, 0.15) is 11.9 Å². The highest BCUT2D eigenvalue weighted by Crippen LogP contribution is 2.39. The summed E-state index contributed by atoms with van der Waals surface area (Å²) >= 11 is 0. The molecule has 3 nitrogen and oxygen atoms in total. The fourth-order valence-corrected chi connectivity index (χ4v) is 4.72. The van der Waals surface area contributed by atoms with Crippen molar-refractivity contribution in [2.24, 2.45) is 0 Å². The van der Waals surface area contributed by atoms with Crippen LogP contribution in [-0.4, -0.2) is 19.2 Å². The van der Waals surface area contributed by atoms with Crippen molar-refractivity contribution in [1.29, 1.82) is 0 Å². The number of anilines is 2. The summed E-state index contributed by atoms with van der Waals surface area (Å²) in [7, 11) is 0. The van der Waals surface area contributed by atoms with Crippen LogP contribution in [0.1, 0.15) is 30.5 Å². The van der Waals surface area contributed by atoms with Gasteiger partial charge in [0.15, 0.2) is 0 Å². The van der Waals surface area contributed by atoms with Crippen molar-refractivity contribution < 1.29 is 17.9 Å². The number of nitrogens with zero attached hydrogens (tertiary/aromatic N) is 1. The molecule has 1 heterocycles. The lowest BCUT2D eigenvalue weighted by molar-refractivity contribution is -0.137. The minimum Gasteiger partial charge on any atom is -0.486 e. The SMILES string of the molecule is C[C@@H](NCCC1CN(c2ccc(C(F)(F)F)cc2)c2ccccc2O1)c1cccc2ccccc12. The van der Waals surface area contributed by atoms with Crippen LogP contribution in [0, 0.1) is 0 Å². The molecular formula is C29H27F3N2O. The van der Waals surface area contributed by atoms with E-state index in [2.05, 4.69) is 48.6 Å². The van der Waals surface area contributed by atoms with E-state index in [1.807, 2.05) is 35.2 Å². The first-order valence-corrected chi connectivity index (χ1v) is 11.8. The van der Waals surface area contributed by atoms with Gasteiger partial charge in [-0.25, -0.2) is 0 Å². The zero-order valence-electron chi connectivity index (χ0n) is 19.4. The highest BCUT2D eigenvalue weighted by molar-refractivity contribution is 5.86. The maximum absolute atomic E-state index is 13.0. The Morgan fingerprint density at radius 2 is 1.63 bits per heavy atom. The van der Waals surface area contributed by atoms with E-state index in [4.69, 9.17) is 4.74 Å². The Kier molecular flexibility index (Phi) is 6.39. The number of halogens is 3. The number of hydrogen-bond acceptors (Lipinski definition) is 3. The standard InChI is InChI=1S/C29H27F3N2O/c1-20(25-10-6-8-21-7-2-3-9-26(21)25)33-18-17-24-19-34(27-11-4-5-12-28(27)35-24)23-15-13-22(14-16-23)29(30,31)32/h2-16,20,24,33H,17-19H2,1H3/t20-,24?/m1/s1. The summed E-state index contributed by atoms with van der Waals surface area (Å²) in [5.74, 6) is 0.741. The number of benzene rings is 4. The molecule has 0 radical (unpaired) electrons. The number of ether oxygens (including phenoxy) is 1.